The quantitative estimate of drug-likeness (QED) is 0.749. The highest BCUT2D eigenvalue weighted by Crippen LogP contribution is 2.36. The van der Waals surface area contributed by atoms with E-state index in [9.17, 15) is 9.59 Å². The van der Waals surface area contributed by atoms with Crippen molar-refractivity contribution in [3.8, 4) is 6.07 Å². The Bertz CT molecular complexity index is 587. The number of nitrogens with zero attached hydrogens (tertiary/aromatic N) is 2. The summed E-state index contributed by atoms with van der Waals surface area (Å²) in [5.74, 6) is -0.518. The molecule has 0 aliphatic carbocycles. The van der Waals surface area contributed by atoms with Crippen molar-refractivity contribution in [2.24, 2.45) is 5.41 Å². The first-order valence-electron chi connectivity index (χ1n) is 5.44. The molecule has 0 saturated carbocycles. The third-order valence-electron chi connectivity index (χ3n) is 2.94. The van der Waals surface area contributed by atoms with Crippen molar-refractivity contribution in [2.75, 3.05) is 4.90 Å². The fraction of sp³-hybridized carbons (Fsp3) is 0.308. The van der Waals surface area contributed by atoms with Gasteiger partial charge in [0.05, 0.1) is 16.7 Å². The first-order chi connectivity index (χ1) is 8.36. The highest BCUT2D eigenvalue weighted by atomic mass is 79.9. The van der Waals surface area contributed by atoms with Gasteiger partial charge in [0, 0.05) is 10.9 Å². The molecule has 2 rings (SSSR count). The number of halogens is 1. The summed E-state index contributed by atoms with van der Waals surface area (Å²) >= 11 is 3.26. The zero-order valence-corrected chi connectivity index (χ0v) is 11.6. The number of hydrogen-bond acceptors (Lipinski definition) is 3. The van der Waals surface area contributed by atoms with Crippen molar-refractivity contribution < 1.29 is 9.59 Å². The Labute approximate surface area is 113 Å². The molecule has 4 nitrogen and oxygen atoms in total. The number of rotatable bonds is 1. The molecule has 5 heteroatoms. The van der Waals surface area contributed by atoms with E-state index >= 15 is 0 Å². The molecule has 0 bridgehead atoms. The Kier molecular flexibility index (Phi) is 2.99. The third kappa shape index (κ3) is 1.93. The number of carbonyl (C=O) groups is 2. The SMILES string of the molecule is CC1(C)CC(=O)N(c2ccc(Br)cc2C#N)C1=O. The first-order valence-corrected chi connectivity index (χ1v) is 6.23. The summed E-state index contributed by atoms with van der Waals surface area (Å²) in [7, 11) is 0. The molecule has 1 aromatic rings. The number of imide groups is 1. The van der Waals surface area contributed by atoms with E-state index in [0.717, 1.165) is 9.37 Å². The maximum Gasteiger partial charge on any atom is 0.239 e. The smallest absolute Gasteiger partial charge is 0.239 e. The molecule has 1 fully saturated rings. The van der Waals surface area contributed by atoms with Gasteiger partial charge in [-0.05, 0) is 18.2 Å². The minimum atomic E-state index is -0.698. The summed E-state index contributed by atoms with van der Waals surface area (Å²) in [5, 5.41) is 9.09. The van der Waals surface area contributed by atoms with Gasteiger partial charge in [0.2, 0.25) is 11.8 Å². The Morgan fingerprint density at radius 2 is 2.06 bits per heavy atom. The number of benzene rings is 1. The molecule has 1 aliphatic rings. The van der Waals surface area contributed by atoms with Crippen LogP contribution in [-0.4, -0.2) is 11.8 Å². The number of amides is 2. The van der Waals surface area contributed by atoms with Crippen LogP contribution in [0.4, 0.5) is 5.69 Å². The van der Waals surface area contributed by atoms with E-state index in [1.165, 1.54) is 0 Å². The van der Waals surface area contributed by atoms with Crippen molar-refractivity contribution >= 4 is 33.4 Å². The van der Waals surface area contributed by atoms with Crippen LogP contribution in [0, 0.1) is 16.7 Å². The highest BCUT2D eigenvalue weighted by molar-refractivity contribution is 9.10. The Hall–Kier alpha value is -1.67. The number of nitriles is 1. The van der Waals surface area contributed by atoms with Gasteiger partial charge in [-0.25, -0.2) is 4.90 Å². The lowest BCUT2D eigenvalue weighted by Crippen LogP contribution is -2.33. The van der Waals surface area contributed by atoms with Gasteiger partial charge in [-0.1, -0.05) is 29.8 Å². The summed E-state index contributed by atoms with van der Waals surface area (Å²) in [6, 6.07) is 6.93. The van der Waals surface area contributed by atoms with Gasteiger partial charge in [-0.2, -0.15) is 5.26 Å². The predicted octanol–water partition coefficient (Wildman–Crippen LogP) is 2.61. The van der Waals surface area contributed by atoms with Crippen LogP contribution in [0.3, 0.4) is 0 Å². The van der Waals surface area contributed by atoms with Crippen LogP contribution in [0.5, 0.6) is 0 Å². The van der Waals surface area contributed by atoms with Crippen LogP contribution >= 0.6 is 15.9 Å². The molecule has 18 heavy (non-hydrogen) atoms. The third-order valence-corrected chi connectivity index (χ3v) is 3.44. The zero-order valence-electron chi connectivity index (χ0n) is 10.0. The van der Waals surface area contributed by atoms with Gasteiger partial charge in [-0.15, -0.1) is 0 Å². The van der Waals surface area contributed by atoms with Gasteiger partial charge in [-0.3, -0.25) is 9.59 Å². The molecule has 0 N–H and O–H groups in total. The van der Waals surface area contributed by atoms with Gasteiger partial charge >= 0.3 is 0 Å². The van der Waals surface area contributed by atoms with Gasteiger partial charge in [0.25, 0.3) is 0 Å². The van der Waals surface area contributed by atoms with E-state index in [0.29, 0.717) is 11.3 Å². The minimum absolute atomic E-state index is 0.173. The Balaban J connectivity index is 2.54. The monoisotopic (exact) mass is 306 g/mol. The Morgan fingerprint density at radius 1 is 1.39 bits per heavy atom. The molecular weight excluding hydrogens is 296 g/mol. The maximum absolute atomic E-state index is 12.2. The second-order valence-electron chi connectivity index (χ2n) is 4.87. The molecule has 1 saturated heterocycles. The van der Waals surface area contributed by atoms with Crippen molar-refractivity contribution in [3.05, 3.63) is 28.2 Å². The summed E-state index contributed by atoms with van der Waals surface area (Å²) in [6.45, 7) is 3.47. The molecule has 92 valence electrons. The number of hydrogen-bond donors (Lipinski definition) is 0. The first kappa shape index (κ1) is 12.8. The number of anilines is 1. The minimum Gasteiger partial charge on any atom is -0.274 e. The lowest BCUT2D eigenvalue weighted by Gasteiger charge is -2.18. The maximum atomic E-state index is 12.2. The second-order valence-corrected chi connectivity index (χ2v) is 5.78. The molecule has 0 aromatic heterocycles. The molecule has 1 aliphatic heterocycles. The van der Waals surface area contributed by atoms with E-state index in [-0.39, 0.29) is 18.2 Å². The lowest BCUT2D eigenvalue weighted by molar-refractivity contribution is -0.124. The largest absolute Gasteiger partial charge is 0.274 e. The molecular formula is C13H11BrN2O2. The average Bonchev–Trinajstić information content (AvgIpc) is 2.49. The van der Waals surface area contributed by atoms with Crippen LogP contribution in [0.1, 0.15) is 25.8 Å². The molecule has 1 heterocycles. The van der Waals surface area contributed by atoms with Gasteiger partial charge in [0.1, 0.15) is 6.07 Å². The molecule has 0 atom stereocenters. The van der Waals surface area contributed by atoms with E-state index in [4.69, 9.17) is 5.26 Å². The average molecular weight is 307 g/mol. The standard InChI is InChI=1S/C13H11BrN2O2/c1-13(2)6-11(17)16(12(13)18)10-4-3-9(14)5-8(10)7-15/h3-5H,6H2,1-2H3. The summed E-state index contributed by atoms with van der Waals surface area (Å²) in [4.78, 5) is 25.2. The zero-order chi connectivity index (χ0) is 13.5. The summed E-state index contributed by atoms with van der Waals surface area (Å²) in [5.41, 5.74) is -0.0262. The van der Waals surface area contributed by atoms with Crippen LogP contribution < -0.4 is 4.90 Å². The fourth-order valence-corrected chi connectivity index (χ4v) is 2.35. The van der Waals surface area contributed by atoms with Crippen LogP contribution in [0.15, 0.2) is 22.7 Å². The number of carbonyl (C=O) groups excluding carboxylic acids is 2. The van der Waals surface area contributed by atoms with Crippen molar-refractivity contribution in [3.63, 3.8) is 0 Å². The van der Waals surface area contributed by atoms with E-state index < -0.39 is 5.41 Å². The molecule has 1 aromatic carbocycles. The van der Waals surface area contributed by atoms with E-state index in [1.807, 2.05) is 6.07 Å². The summed E-state index contributed by atoms with van der Waals surface area (Å²) < 4.78 is 0.737. The van der Waals surface area contributed by atoms with E-state index in [2.05, 4.69) is 15.9 Å². The predicted molar refractivity (Wildman–Crippen MR) is 69.7 cm³/mol. The topological polar surface area (TPSA) is 61.2 Å². The van der Waals surface area contributed by atoms with E-state index in [1.54, 1.807) is 32.0 Å². The normalized spacial score (nSPS) is 18.0. The molecule has 2 amide bonds. The molecule has 0 radical (unpaired) electrons. The second kappa shape index (κ2) is 4.21. The van der Waals surface area contributed by atoms with Crippen LogP contribution in [0.25, 0.3) is 0 Å². The Morgan fingerprint density at radius 3 is 2.56 bits per heavy atom. The van der Waals surface area contributed by atoms with Crippen molar-refractivity contribution in [2.45, 2.75) is 20.3 Å². The fourth-order valence-electron chi connectivity index (χ4n) is 1.99. The van der Waals surface area contributed by atoms with Gasteiger partial charge < -0.3 is 0 Å². The van der Waals surface area contributed by atoms with Crippen LogP contribution in [-0.2, 0) is 9.59 Å². The molecule has 0 unspecified atom stereocenters. The molecule has 0 spiro atoms. The lowest BCUT2D eigenvalue weighted by atomic mass is 9.92. The van der Waals surface area contributed by atoms with Crippen molar-refractivity contribution in [1.82, 2.24) is 0 Å². The van der Waals surface area contributed by atoms with Gasteiger partial charge in [0.15, 0.2) is 0 Å². The summed E-state index contributed by atoms with van der Waals surface area (Å²) in [6.07, 6.45) is 0.173. The van der Waals surface area contributed by atoms with Crippen molar-refractivity contribution in [1.29, 1.82) is 5.26 Å². The highest BCUT2D eigenvalue weighted by Gasteiger charge is 2.46. The van der Waals surface area contributed by atoms with Crippen LogP contribution in [0.2, 0.25) is 0 Å².